The third-order valence-corrected chi connectivity index (χ3v) is 6.02. The molecule has 5 rings (SSSR count). The van der Waals surface area contributed by atoms with E-state index in [0.29, 0.717) is 20.3 Å². The van der Waals surface area contributed by atoms with Gasteiger partial charge in [0, 0.05) is 21.0 Å². The predicted octanol–water partition coefficient (Wildman–Crippen LogP) is 5.57. The maximum atomic E-state index is 12.2. The minimum absolute atomic E-state index is 0.275. The summed E-state index contributed by atoms with van der Waals surface area (Å²) in [7, 11) is 0. The van der Waals surface area contributed by atoms with Gasteiger partial charge in [-0.05, 0) is 41.5 Å². The third-order valence-electron chi connectivity index (χ3n) is 4.44. The van der Waals surface area contributed by atoms with E-state index in [1.54, 1.807) is 0 Å². The highest BCUT2D eigenvalue weighted by atomic mass is 35.5. The molecule has 0 saturated heterocycles. The number of H-pyrrole nitrogens is 1. The molecule has 3 heterocycles. The van der Waals surface area contributed by atoms with Gasteiger partial charge in [-0.3, -0.25) is 4.79 Å². The average molecular weight is 425 g/mol. The first-order valence-electron chi connectivity index (χ1n) is 8.30. The van der Waals surface area contributed by atoms with E-state index >= 15 is 0 Å². The molecule has 8 heteroatoms. The van der Waals surface area contributed by atoms with Crippen molar-refractivity contribution in [3.8, 4) is 22.4 Å². The van der Waals surface area contributed by atoms with Crippen molar-refractivity contribution in [1.82, 2.24) is 20.4 Å². The SMILES string of the molecule is O=c1[nH]nnc2c1sc1nc(-c3ccc(Cl)cc3)cc(-c3ccc(Cl)cc3)c12. The van der Waals surface area contributed by atoms with Crippen LogP contribution in [0.5, 0.6) is 0 Å². The Morgan fingerprint density at radius 3 is 2.21 bits per heavy atom. The quantitative estimate of drug-likeness (QED) is 0.402. The van der Waals surface area contributed by atoms with E-state index in [0.717, 1.165) is 32.6 Å². The summed E-state index contributed by atoms with van der Waals surface area (Å²) < 4.78 is 0.501. The summed E-state index contributed by atoms with van der Waals surface area (Å²) in [4.78, 5) is 17.7. The average Bonchev–Trinajstić information content (AvgIpc) is 3.09. The number of nitrogens with zero attached hydrogens (tertiary/aromatic N) is 3. The van der Waals surface area contributed by atoms with E-state index in [9.17, 15) is 4.79 Å². The number of halogens is 2. The predicted molar refractivity (Wildman–Crippen MR) is 114 cm³/mol. The molecule has 2 aromatic carbocycles. The molecule has 0 bridgehead atoms. The van der Waals surface area contributed by atoms with Gasteiger partial charge in [0.1, 0.15) is 15.0 Å². The van der Waals surface area contributed by atoms with Gasteiger partial charge in [-0.15, -0.1) is 16.4 Å². The highest BCUT2D eigenvalue weighted by molar-refractivity contribution is 7.25. The number of fused-ring (bicyclic) bond motifs is 3. The lowest BCUT2D eigenvalue weighted by Gasteiger charge is -2.08. The van der Waals surface area contributed by atoms with Gasteiger partial charge >= 0.3 is 0 Å². The fourth-order valence-electron chi connectivity index (χ4n) is 3.13. The number of hydrogen-bond donors (Lipinski definition) is 1. The smallest absolute Gasteiger partial charge is 0.266 e. The van der Waals surface area contributed by atoms with Gasteiger partial charge in [0.2, 0.25) is 0 Å². The summed E-state index contributed by atoms with van der Waals surface area (Å²) in [5.41, 5.74) is 3.85. The van der Waals surface area contributed by atoms with Crippen molar-refractivity contribution in [1.29, 1.82) is 0 Å². The Balaban J connectivity index is 1.88. The Hall–Kier alpha value is -2.80. The Morgan fingerprint density at radius 1 is 0.893 bits per heavy atom. The number of rotatable bonds is 2. The van der Waals surface area contributed by atoms with Crippen LogP contribution in [0.3, 0.4) is 0 Å². The summed E-state index contributed by atoms with van der Waals surface area (Å²) in [6, 6.07) is 17.0. The summed E-state index contributed by atoms with van der Waals surface area (Å²) in [6.07, 6.45) is 0. The van der Waals surface area contributed by atoms with E-state index in [1.807, 2.05) is 54.6 Å². The first kappa shape index (κ1) is 17.3. The molecular formula is C20H10Cl2N4OS. The lowest BCUT2D eigenvalue weighted by Crippen LogP contribution is -2.07. The summed E-state index contributed by atoms with van der Waals surface area (Å²) in [5.74, 6) is 0. The van der Waals surface area contributed by atoms with Crippen molar-refractivity contribution in [2.24, 2.45) is 0 Å². The number of benzene rings is 2. The molecule has 5 nitrogen and oxygen atoms in total. The molecular weight excluding hydrogens is 415 g/mol. The van der Waals surface area contributed by atoms with Gasteiger partial charge in [-0.2, -0.15) is 0 Å². The zero-order valence-electron chi connectivity index (χ0n) is 14.1. The number of aromatic amines is 1. The molecule has 28 heavy (non-hydrogen) atoms. The largest absolute Gasteiger partial charge is 0.285 e. The van der Waals surface area contributed by atoms with Crippen LogP contribution in [0, 0.1) is 0 Å². The highest BCUT2D eigenvalue weighted by Gasteiger charge is 2.18. The maximum absolute atomic E-state index is 12.2. The molecule has 0 saturated carbocycles. The van der Waals surface area contributed by atoms with Crippen molar-refractivity contribution in [3.63, 3.8) is 0 Å². The van der Waals surface area contributed by atoms with Gasteiger partial charge < -0.3 is 0 Å². The fraction of sp³-hybridized carbons (Fsp3) is 0. The zero-order chi connectivity index (χ0) is 19.3. The molecule has 0 fully saturated rings. The topological polar surface area (TPSA) is 71.5 Å². The lowest BCUT2D eigenvalue weighted by atomic mass is 10.00. The molecule has 0 amide bonds. The van der Waals surface area contributed by atoms with E-state index in [-0.39, 0.29) is 5.56 Å². The summed E-state index contributed by atoms with van der Waals surface area (Å²) in [5, 5.41) is 12.4. The molecule has 0 atom stereocenters. The standard InChI is InChI=1S/C20H10Cl2N4OS/c21-12-5-1-10(2-6-12)14-9-15(11-3-7-13(22)8-4-11)23-20-16(14)17-18(28-20)19(27)25-26-24-17/h1-9H,(H,24,25,27). The molecule has 5 aromatic rings. The number of hydrogen-bond acceptors (Lipinski definition) is 5. The van der Waals surface area contributed by atoms with E-state index in [2.05, 4.69) is 15.4 Å². The highest BCUT2D eigenvalue weighted by Crippen LogP contribution is 2.39. The molecule has 0 unspecified atom stereocenters. The van der Waals surface area contributed by atoms with Crippen molar-refractivity contribution < 1.29 is 0 Å². The van der Waals surface area contributed by atoms with Crippen LogP contribution in [0.25, 0.3) is 42.8 Å². The monoisotopic (exact) mass is 424 g/mol. The van der Waals surface area contributed by atoms with Gasteiger partial charge in [0.05, 0.1) is 5.69 Å². The Labute approximate surface area is 172 Å². The second-order valence-corrected chi connectivity index (χ2v) is 8.04. The van der Waals surface area contributed by atoms with Crippen molar-refractivity contribution >= 4 is 55.0 Å². The van der Waals surface area contributed by atoms with E-state index in [4.69, 9.17) is 28.2 Å². The van der Waals surface area contributed by atoms with Crippen LogP contribution >= 0.6 is 34.5 Å². The number of nitrogens with one attached hydrogen (secondary N) is 1. The van der Waals surface area contributed by atoms with Crippen LogP contribution in [0.4, 0.5) is 0 Å². The van der Waals surface area contributed by atoms with Gasteiger partial charge in [-0.1, -0.05) is 52.7 Å². The van der Waals surface area contributed by atoms with Crippen LogP contribution in [-0.4, -0.2) is 20.4 Å². The fourth-order valence-corrected chi connectivity index (χ4v) is 4.40. The second-order valence-electron chi connectivity index (χ2n) is 6.17. The molecule has 0 aliphatic heterocycles. The van der Waals surface area contributed by atoms with Crippen LogP contribution in [0.1, 0.15) is 0 Å². The Morgan fingerprint density at radius 2 is 1.54 bits per heavy atom. The molecule has 3 aromatic heterocycles. The lowest BCUT2D eigenvalue weighted by molar-refractivity contribution is 0.876. The zero-order valence-corrected chi connectivity index (χ0v) is 16.4. The maximum Gasteiger partial charge on any atom is 0.285 e. The molecule has 0 aliphatic carbocycles. The Kier molecular flexibility index (Phi) is 4.12. The van der Waals surface area contributed by atoms with Crippen LogP contribution in [-0.2, 0) is 0 Å². The molecule has 0 aliphatic rings. The molecule has 0 spiro atoms. The Bertz CT molecular complexity index is 1390. The van der Waals surface area contributed by atoms with Crippen LogP contribution in [0.15, 0.2) is 59.4 Å². The molecule has 0 radical (unpaired) electrons. The van der Waals surface area contributed by atoms with Crippen LogP contribution < -0.4 is 5.56 Å². The normalized spacial score (nSPS) is 11.4. The molecule has 136 valence electrons. The number of aromatic nitrogens is 4. The van der Waals surface area contributed by atoms with Gasteiger partial charge in [-0.25, -0.2) is 10.1 Å². The third kappa shape index (κ3) is 2.86. The van der Waals surface area contributed by atoms with Gasteiger partial charge in [0.25, 0.3) is 5.56 Å². The second kappa shape index (κ2) is 6.67. The number of pyridine rings is 1. The minimum Gasteiger partial charge on any atom is -0.266 e. The number of thiophene rings is 1. The summed E-state index contributed by atoms with van der Waals surface area (Å²) >= 11 is 13.4. The molecule has 1 N–H and O–H groups in total. The van der Waals surface area contributed by atoms with Crippen LogP contribution in [0.2, 0.25) is 10.0 Å². The van der Waals surface area contributed by atoms with Crippen molar-refractivity contribution in [2.75, 3.05) is 0 Å². The van der Waals surface area contributed by atoms with Gasteiger partial charge in [0.15, 0.2) is 0 Å². The van der Waals surface area contributed by atoms with E-state index in [1.165, 1.54) is 11.3 Å². The minimum atomic E-state index is -0.275. The first-order chi connectivity index (χ1) is 13.6. The first-order valence-corrected chi connectivity index (χ1v) is 9.88. The van der Waals surface area contributed by atoms with Crippen molar-refractivity contribution in [2.45, 2.75) is 0 Å². The van der Waals surface area contributed by atoms with E-state index < -0.39 is 0 Å². The summed E-state index contributed by atoms with van der Waals surface area (Å²) in [6.45, 7) is 0. The van der Waals surface area contributed by atoms with Crippen molar-refractivity contribution in [3.05, 3.63) is 75.0 Å².